The minimum absolute atomic E-state index is 0.162. The molecule has 10 heteroatoms. The van der Waals surface area contributed by atoms with Crippen molar-refractivity contribution in [2.45, 2.75) is 37.5 Å². The maximum atomic E-state index is 14.7. The third kappa shape index (κ3) is 4.34. The Bertz CT molecular complexity index is 1700. The van der Waals surface area contributed by atoms with E-state index in [4.69, 9.17) is 32.5 Å². The number of hydrogen-bond donors (Lipinski definition) is 0. The molecule has 0 radical (unpaired) electrons. The van der Waals surface area contributed by atoms with Gasteiger partial charge in [-0.2, -0.15) is 0 Å². The van der Waals surface area contributed by atoms with Gasteiger partial charge < -0.3 is 28.0 Å². The van der Waals surface area contributed by atoms with Crippen molar-refractivity contribution in [1.29, 1.82) is 0 Å². The van der Waals surface area contributed by atoms with Crippen LogP contribution in [-0.2, 0) is 27.5 Å². The molecule has 4 aromatic rings. The molecule has 0 saturated carbocycles. The predicted octanol–water partition coefficient (Wildman–Crippen LogP) is 6.80. The molecule has 3 atom stereocenters. The molecular weight excluding hydrogens is 569 g/mol. The Morgan fingerprint density at radius 1 is 0.814 bits per heavy atom. The molecular formula is C33H30NO8P. The van der Waals surface area contributed by atoms with E-state index < -0.39 is 19.3 Å². The van der Waals surface area contributed by atoms with Gasteiger partial charge in [-0.25, -0.2) is 4.57 Å². The highest BCUT2D eigenvalue weighted by molar-refractivity contribution is 7.49. The van der Waals surface area contributed by atoms with Gasteiger partial charge in [0.15, 0.2) is 23.0 Å². The number of phosphoric ester groups is 1. The van der Waals surface area contributed by atoms with Crippen LogP contribution in [0, 0.1) is 0 Å². The molecule has 0 N–H and O–H groups in total. The second-order valence-corrected chi connectivity index (χ2v) is 12.9. The van der Waals surface area contributed by atoms with Crippen LogP contribution in [0.4, 0.5) is 0 Å². The highest BCUT2D eigenvalue weighted by Crippen LogP contribution is 2.61. The summed E-state index contributed by atoms with van der Waals surface area (Å²) < 4.78 is 56.9. The lowest BCUT2D eigenvalue weighted by atomic mass is 9.60. The van der Waals surface area contributed by atoms with Gasteiger partial charge in [0.1, 0.15) is 11.5 Å². The summed E-state index contributed by atoms with van der Waals surface area (Å²) in [6.45, 7) is 3.13. The molecule has 3 aliphatic heterocycles. The maximum absolute atomic E-state index is 14.7. The lowest BCUT2D eigenvalue weighted by molar-refractivity contribution is 0.00170. The van der Waals surface area contributed by atoms with Crippen molar-refractivity contribution < 1.29 is 37.1 Å². The molecule has 0 spiro atoms. The number of benzene rings is 4. The Labute approximate surface area is 249 Å². The van der Waals surface area contributed by atoms with Gasteiger partial charge >= 0.3 is 7.82 Å². The lowest BCUT2D eigenvalue weighted by Crippen LogP contribution is -2.56. The molecule has 3 heterocycles. The Morgan fingerprint density at radius 3 is 2.14 bits per heavy atom. The first-order valence-electron chi connectivity index (χ1n) is 14.2. The maximum Gasteiger partial charge on any atom is 0.587 e. The fourth-order valence-corrected chi connectivity index (χ4v) is 8.46. The SMILES string of the molecule is CN1Cc2c(ccc3c2OCO3)[C@]2(C)C1c1cc3c(cc1C[C@@H]2OP(=O)(Oc1ccccc1)Oc1ccccc1)OCO3. The van der Waals surface area contributed by atoms with E-state index in [1.165, 1.54) is 0 Å². The third-order valence-electron chi connectivity index (χ3n) is 8.82. The summed E-state index contributed by atoms with van der Waals surface area (Å²) in [5, 5.41) is 0. The fraction of sp³-hybridized carbons (Fsp3) is 0.273. The van der Waals surface area contributed by atoms with Crippen molar-refractivity contribution in [1.82, 2.24) is 4.90 Å². The lowest BCUT2D eigenvalue weighted by Gasteiger charge is -2.54. The second-order valence-electron chi connectivity index (χ2n) is 11.4. The number of rotatable bonds is 6. The molecule has 9 nitrogen and oxygen atoms in total. The van der Waals surface area contributed by atoms with Crippen molar-refractivity contribution >= 4 is 7.82 Å². The average Bonchev–Trinajstić information content (AvgIpc) is 3.67. The standard InChI is InChI=1S/C33H30NO8P/c1-33-26-13-14-27-31(39-20-36-27)25(26)18-34(2)32(33)24-17-29-28(37-19-38-29)15-21(24)16-30(33)42-43(35,40-22-9-5-3-6-10-22)41-23-11-7-4-8-12-23/h3-15,17,30,32H,16,18-20H2,1-2H3/t30-,32?,33-/m0/s1. The van der Waals surface area contributed by atoms with E-state index in [-0.39, 0.29) is 19.6 Å². The zero-order valence-corrected chi connectivity index (χ0v) is 24.6. The highest BCUT2D eigenvalue weighted by Gasteiger charge is 2.57. The highest BCUT2D eigenvalue weighted by atomic mass is 31.2. The molecule has 0 aromatic heterocycles. The number of nitrogens with zero attached hydrogens (tertiary/aromatic N) is 1. The van der Waals surface area contributed by atoms with Crippen molar-refractivity contribution in [3.8, 4) is 34.5 Å². The van der Waals surface area contributed by atoms with Gasteiger partial charge in [-0.3, -0.25) is 9.42 Å². The van der Waals surface area contributed by atoms with Crippen LogP contribution in [0.15, 0.2) is 84.9 Å². The fourth-order valence-electron chi connectivity index (χ4n) is 6.98. The van der Waals surface area contributed by atoms with Crippen LogP contribution in [0.3, 0.4) is 0 Å². The van der Waals surface area contributed by atoms with Crippen LogP contribution in [0.5, 0.6) is 34.5 Å². The summed E-state index contributed by atoms with van der Waals surface area (Å²) in [7, 11) is -2.16. The van der Waals surface area contributed by atoms with E-state index in [2.05, 4.69) is 31.0 Å². The minimum atomic E-state index is -4.24. The van der Waals surface area contributed by atoms with Gasteiger partial charge in [0, 0.05) is 30.0 Å². The zero-order valence-electron chi connectivity index (χ0n) is 23.7. The van der Waals surface area contributed by atoms with Gasteiger partial charge in [-0.1, -0.05) is 49.4 Å². The Hall–Kier alpha value is -4.17. The third-order valence-corrected chi connectivity index (χ3v) is 10.2. The van der Waals surface area contributed by atoms with Crippen LogP contribution < -0.4 is 28.0 Å². The smallest absolute Gasteiger partial charge is 0.454 e. The first-order valence-corrected chi connectivity index (χ1v) is 15.7. The van der Waals surface area contributed by atoms with Gasteiger partial charge in [0.05, 0.1) is 6.10 Å². The van der Waals surface area contributed by atoms with E-state index in [0.717, 1.165) is 39.5 Å². The predicted molar refractivity (Wildman–Crippen MR) is 157 cm³/mol. The van der Waals surface area contributed by atoms with Crippen molar-refractivity contribution in [3.05, 3.63) is 107 Å². The van der Waals surface area contributed by atoms with Crippen molar-refractivity contribution in [3.63, 3.8) is 0 Å². The summed E-state index contributed by atoms with van der Waals surface area (Å²) in [4.78, 5) is 2.28. The molecule has 0 amide bonds. The molecule has 8 rings (SSSR count). The summed E-state index contributed by atoms with van der Waals surface area (Å²) >= 11 is 0. The largest absolute Gasteiger partial charge is 0.587 e. The van der Waals surface area contributed by atoms with E-state index in [1.54, 1.807) is 24.3 Å². The van der Waals surface area contributed by atoms with Gasteiger partial charge in [-0.05, 0) is 66.2 Å². The molecule has 1 unspecified atom stereocenters. The summed E-state index contributed by atoms with van der Waals surface area (Å²) in [5.74, 6) is 3.63. The van der Waals surface area contributed by atoms with Crippen LogP contribution in [0.2, 0.25) is 0 Å². The molecule has 43 heavy (non-hydrogen) atoms. The van der Waals surface area contributed by atoms with Crippen LogP contribution in [-0.4, -0.2) is 31.6 Å². The molecule has 0 saturated heterocycles. The van der Waals surface area contributed by atoms with Crippen LogP contribution in [0.25, 0.3) is 0 Å². The Morgan fingerprint density at radius 2 is 1.44 bits per heavy atom. The molecule has 4 aliphatic rings. The number of fused-ring (bicyclic) bond motifs is 8. The summed E-state index contributed by atoms with van der Waals surface area (Å²) in [6, 6.07) is 25.9. The Kier molecular flexibility index (Phi) is 6.12. The van der Waals surface area contributed by atoms with Gasteiger partial charge in [0.2, 0.25) is 13.6 Å². The summed E-state index contributed by atoms with van der Waals surface area (Å²) in [6.07, 6.45) is -0.202. The molecule has 0 fully saturated rings. The van der Waals surface area contributed by atoms with E-state index in [9.17, 15) is 4.57 Å². The topological polar surface area (TPSA) is 84.9 Å². The van der Waals surface area contributed by atoms with Crippen molar-refractivity contribution in [2.75, 3.05) is 20.6 Å². The number of phosphoric acid groups is 1. The monoisotopic (exact) mass is 599 g/mol. The molecule has 4 aromatic carbocycles. The first kappa shape index (κ1) is 26.5. The zero-order chi connectivity index (χ0) is 29.2. The minimum Gasteiger partial charge on any atom is -0.454 e. The van der Waals surface area contributed by atoms with E-state index in [1.807, 2.05) is 48.5 Å². The number of hydrogen-bond acceptors (Lipinski definition) is 9. The molecule has 220 valence electrons. The summed E-state index contributed by atoms with van der Waals surface area (Å²) in [5.41, 5.74) is 3.50. The van der Waals surface area contributed by atoms with Crippen molar-refractivity contribution in [2.24, 2.45) is 0 Å². The number of para-hydroxylation sites is 2. The number of likely N-dealkylation sites (N-methyl/N-ethyl adjacent to an activating group) is 1. The number of ether oxygens (including phenoxy) is 4. The van der Waals surface area contributed by atoms with E-state index in [0.29, 0.717) is 30.2 Å². The van der Waals surface area contributed by atoms with Gasteiger partial charge in [0.25, 0.3) is 0 Å². The van der Waals surface area contributed by atoms with Gasteiger partial charge in [-0.15, -0.1) is 0 Å². The van der Waals surface area contributed by atoms with Crippen LogP contribution in [0.1, 0.15) is 35.2 Å². The Balaban J connectivity index is 1.28. The molecule has 1 aliphatic carbocycles. The average molecular weight is 600 g/mol. The molecule has 0 bridgehead atoms. The van der Waals surface area contributed by atoms with E-state index >= 15 is 0 Å². The second kappa shape index (κ2) is 9.95. The normalized spacial score (nSPS) is 23.2. The van der Waals surface area contributed by atoms with Crippen LogP contribution >= 0.6 is 7.82 Å². The quantitative estimate of drug-likeness (QED) is 0.222. The first-order chi connectivity index (χ1) is 20.9.